The average molecular weight is 208 g/mol. The Balaban J connectivity index is 0.000000921. The number of hydrogen-bond acceptors (Lipinski definition) is 3. The Labute approximate surface area is 91.5 Å². The van der Waals surface area contributed by atoms with E-state index in [1.54, 1.807) is 6.07 Å². The molecule has 0 fully saturated rings. The number of carbonyl (C=O) groups is 1. The monoisotopic (exact) mass is 208 g/mol. The van der Waals surface area contributed by atoms with Crippen molar-refractivity contribution in [1.82, 2.24) is 0 Å². The molecule has 4 N–H and O–H groups in total. The minimum Gasteiger partial charge on any atom is -0.399 e. The molecule has 0 heterocycles. The zero-order valence-electron chi connectivity index (χ0n) is 9.92. The Morgan fingerprint density at radius 3 is 2.27 bits per heavy atom. The number of nitrogens with two attached hydrogens (primary N) is 2. The van der Waals surface area contributed by atoms with Crippen LogP contribution in [0.25, 0.3) is 0 Å². The van der Waals surface area contributed by atoms with E-state index in [9.17, 15) is 4.79 Å². The van der Waals surface area contributed by atoms with Crippen molar-refractivity contribution >= 4 is 11.5 Å². The van der Waals surface area contributed by atoms with Crippen molar-refractivity contribution in [3.05, 3.63) is 28.8 Å². The number of carbonyl (C=O) groups excluding carboxylic acids is 1. The third-order valence-corrected chi connectivity index (χ3v) is 2.08. The number of ketones is 1. The number of rotatable bonds is 2. The number of benzene rings is 1. The summed E-state index contributed by atoms with van der Waals surface area (Å²) in [5.41, 5.74) is 14.3. The van der Waals surface area contributed by atoms with Crippen LogP contribution in [0.15, 0.2) is 12.1 Å². The summed E-state index contributed by atoms with van der Waals surface area (Å²) >= 11 is 0. The predicted octanol–water partition coefficient (Wildman–Crippen LogP) is 2.26. The Bertz CT molecular complexity index is 346. The first-order chi connectivity index (χ1) is 7.06. The fourth-order valence-corrected chi connectivity index (χ4v) is 1.43. The van der Waals surface area contributed by atoms with Gasteiger partial charge in [-0.15, -0.1) is 0 Å². The molecule has 3 heteroatoms. The van der Waals surface area contributed by atoms with E-state index in [2.05, 4.69) is 0 Å². The topological polar surface area (TPSA) is 69.1 Å². The standard InChI is InChI=1S/C10H14N2O.C2H6/c1-6-3-8(12)4-9(7(2)13)10(6)5-11;1-2/h3-4H,5,11-12H2,1-2H3;1-2H3. The highest BCUT2D eigenvalue weighted by molar-refractivity contribution is 5.96. The van der Waals surface area contributed by atoms with E-state index in [4.69, 9.17) is 11.5 Å². The number of Topliss-reactive ketones (excluding diaryl/α,β-unsaturated/α-hetero) is 1. The molecule has 0 unspecified atom stereocenters. The van der Waals surface area contributed by atoms with Gasteiger partial charge in [0.1, 0.15) is 0 Å². The Morgan fingerprint density at radius 1 is 1.33 bits per heavy atom. The van der Waals surface area contributed by atoms with Gasteiger partial charge in [-0.3, -0.25) is 4.79 Å². The van der Waals surface area contributed by atoms with Crippen LogP contribution in [-0.2, 0) is 6.54 Å². The maximum atomic E-state index is 11.2. The maximum Gasteiger partial charge on any atom is 0.160 e. The number of nitrogen functional groups attached to an aromatic ring is 1. The van der Waals surface area contributed by atoms with Gasteiger partial charge in [-0.05, 0) is 37.1 Å². The molecule has 0 saturated heterocycles. The molecule has 15 heavy (non-hydrogen) atoms. The second kappa shape index (κ2) is 6.19. The summed E-state index contributed by atoms with van der Waals surface area (Å²) in [5, 5.41) is 0. The number of hydrogen-bond donors (Lipinski definition) is 2. The van der Waals surface area contributed by atoms with E-state index in [-0.39, 0.29) is 5.78 Å². The third kappa shape index (κ3) is 3.36. The molecule has 1 aromatic rings. The highest BCUT2D eigenvalue weighted by Gasteiger charge is 2.09. The molecule has 84 valence electrons. The summed E-state index contributed by atoms with van der Waals surface area (Å²) in [6.45, 7) is 7.80. The molecular weight excluding hydrogens is 188 g/mol. The van der Waals surface area contributed by atoms with Gasteiger partial charge in [-0.25, -0.2) is 0 Å². The smallest absolute Gasteiger partial charge is 0.160 e. The van der Waals surface area contributed by atoms with Gasteiger partial charge in [-0.1, -0.05) is 13.8 Å². The van der Waals surface area contributed by atoms with Crippen molar-refractivity contribution < 1.29 is 4.79 Å². The van der Waals surface area contributed by atoms with Gasteiger partial charge in [0.05, 0.1) is 0 Å². The molecule has 0 aliphatic carbocycles. The van der Waals surface area contributed by atoms with E-state index in [1.165, 1.54) is 6.92 Å². The van der Waals surface area contributed by atoms with Crippen molar-refractivity contribution in [2.45, 2.75) is 34.2 Å². The Hall–Kier alpha value is -1.35. The quantitative estimate of drug-likeness (QED) is 0.578. The van der Waals surface area contributed by atoms with Crippen molar-refractivity contribution in [1.29, 1.82) is 0 Å². The van der Waals surface area contributed by atoms with E-state index in [0.717, 1.165) is 11.1 Å². The lowest BCUT2D eigenvalue weighted by molar-refractivity contribution is 0.101. The molecule has 0 atom stereocenters. The van der Waals surface area contributed by atoms with E-state index < -0.39 is 0 Å². The fourth-order valence-electron chi connectivity index (χ4n) is 1.43. The minimum absolute atomic E-state index is 0.0100. The van der Waals surface area contributed by atoms with Crippen LogP contribution in [0.4, 0.5) is 5.69 Å². The number of aryl methyl sites for hydroxylation is 1. The lowest BCUT2D eigenvalue weighted by atomic mass is 9.98. The van der Waals surface area contributed by atoms with Gasteiger partial charge < -0.3 is 11.5 Å². The third-order valence-electron chi connectivity index (χ3n) is 2.08. The summed E-state index contributed by atoms with van der Waals surface area (Å²) < 4.78 is 0. The SMILES string of the molecule is CC.CC(=O)c1cc(N)cc(C)c1CN. The van der Waals surface area contributed by atoms with Crippen LogP contribution in [-0.4, -0.2) is 5.78 Å². The van der Waals surface area contributed by atoms with Crippen molar-refractivity contribution in [2.75, 3.05) is 5.73 Å². The molecule has 0 aliphatic rings. The average Bonchev–Trinajstić information content (AvgIpc) is 2.19. The van der Waals surface area contributed by atoms with Gasteiger partial charge in [0.2, 0.25) is 0 Å². The minimum atomic E-state index is 0.0100. The van der Waals surface area contributed by atoms with Crippen molar-refractivity contribution in [3.8, 4) is 0 Å². The van der Waals surface area contributed by atoms with Crippen LogP contribution >= 0.6 is 0 Å². The van der Waals surface area contributed by atoms with Crippen LogP contribution in [0.5, 0.6) is 0 Å². The van der Waals surface area contributed by atoms with Crippen LogP contribution in [0.3, 0.4) is 0 Å². The van der Waals surface area contributed by atoms with Gasteiger partial charge in [0.25, 0.3) is 0 Å². The Kier molecular flexibility index (Phi) is 5.64. The second-order valence-corrected chi connectivity index (χ2v) is 3.12. The molecule has 0 saturated carbocycles. The summed E-state index contributed by atoms with van der Waals surface area (Å²) in [6, 6.07) is 3.51. The summed E-state index contributed by atoms with van der Waals surface area (Å²) in [4.78, 5) is 11.2. The maximum absolute atomic E-state index is 11.2. The molecule has 0 bridgehead atoms. The van der Waals surface area contributed by atoms with Gasteiger partial charge in [0.15, 0.2) is 5.78 Å². The molecule has 1 aromatic carbocycles. The summed E-state index contributed by atoms with van der Waals surface area (Å²) in [7, 11) is 0. The van der Waals surface area contributed by atoms with E-state index in [1.807, 2.05) is 26.8 Å². The summed E-state index contributed by atoms with van der Waals surface area (Å²) in [6.07, 6.45) is 0. The summed E-state index contributed by atoms with van der Waals surface area (Å²) in [5.74, 6) is 0.0100. The zero-order valence-corrected chi connectivity index (χ0v) is 9.92. The van der Waals surface area contributed by atoms with Crippen molar-refractivity contribution in [3.63, 3.8) is 0 Å². The van der Waals surface area contributed by atoms with E-state index in [0.29, 0.717) is 17.8 Å². The highest BCUT2D eigenvalue weighted by Crippen LogP contribution is 2.18. The Morgan fingerprint density at radius 2 is 1.87 bits per heavy atom. The highest BCUT2D eigenvalue weighted by atomic mass is 16.1. The van der Waals surface area contributed by atoms with E-state index >= 15 is 0 Å². The van der Waals surface area contributed by atoms with Crippen LogP contribution in [0, 0.1) is 6.92 Å². The second-order valence-electron chi connectivity index (χ2n) is 3.12. The molecule has 1 rings (SSSR count). The predicted molar refractivity (Wildman–Crippen MR) is 64.8 cm³/mol. The fraction of sp³-hybridized carbons (Fsp3) is 0.417. The van der Waals surface area contributed by atoms with Gasteiger partial charge in [-0.2, -0.15) is 0 Å². The van der Waals surface area contributed by atoms with Crippen LogP contribution in [0.2, 0.25) is 0 Å². The first-order valence-electron chi connectivity index (χ1n) is 5.16. The molecule has 0 aromatic heterocycles. The lowest BCUT2D eigenvalue weighted by Crippen LogP contribution is -2.08. The van der Waals surface area contributed by atoms with Gasteiger partial charge >= 0.3 is 0 Å². The molecular formula is C12H20N2O. The molecule has 0 radical (unpaired) electrons. The molecule has 0 spiro atoms. The lowest BCUT2D eigenvalue weighted by Gasteiger charge is -2.09. The largest absolute Gasteiger partial charge is 0.399 e. The van der Waals surface area contributed by atoms with Crippen molar-refractivity contribution in [2.24, 2.45) is 5.73 Å². The normalized spacial score (nSPS) is 9.13. The zero-order chi connectivity index (χ0) is 12.0. The van der Waals surface area contributed by atoms with Crippen LogP contribution in [0.1, 0.15) is 42.3 Å². The van der Waals surface area contributed by atoms with Gasteiger partial charge in [0, 0.05) is 17.8 Å². The molecule has 0 amide bonds. The number of anilines is 1. The molecule has 3 nitrogen and oxygen atoms in total. The first kappa shape index (κ1) is 13.7. The molecule has 0 aliphatic heterocycles. The first-order valence-corrected chi connectivity index (χ1v) is 5.16. The van der Waals surface area contributed by atoms with Crippen LogP contribution < -0.4 is 11.5 Å².